The smallest absolute Gasteiger partial charge is 0.339 e. The Labute approximate surface area is 105 Å². The van der Waals surface area contributed by atoms with Crippen molar-refractivity contribution < 1.29 is 18.3 Å². The number of aromatic nitrogens is 1. The molecule has 0 unspecified atom stereocenters. The first kappa shape index (κ1) is 13.3. The predicted molar refractivity (Wildman–Crippen MR) is 62.6 cm³/mol. The fourth-order valence-electron chi connectivity index (χ4n) is 1.16. The quantitative estimate of drug-likeness (QED) is 0.482. The summed E-state index contributed by atoms with van der Waals surface area (Å²) in [6.07, 6.45) is -2.65. The Morgan fingerprint density at radius 1 is 1.62 bits per heavy atom. The van der Waals surface area contributed by atoms with Gasteiger partial charge in [0.25, 0.3) is 6.43 Å². The predicted octanol–water partition coefficient (Wildman–Crippen LogP) is 3.11. The van der Waals surface area contributed by atoms with Crippen LogP contribution in [0.2, 0.25) is 0 Å². The van der Waals surface area contributed by atoms with E-state index in [-0.39, 0.29) is 21.4 Å². The third-order valence-electron chi connectivity index (χ3n) is 1.92. The highest BCUT2D eigenvalue weighted by Gasteiger charge is 2.19. The van der Waals surface area contributed by atoms with Crippen molar-refractivity contribution in [2.24, 2.45) is 0 Å². The maximum absolute atomic E-state index is 12.6. The van der Waals surface area contributed by atoms with Crippen molar-refractivity contribution in [1.82, 2.24) is 4.98 Å². The largest absolute Gasteiger partial charge is 0.462 e. The summed E-state index contributed by atoms with van der Waals surface area (Å²) < 4.78 is 30.1. The van der Waals surface area contributed by atoms with Crippen molar-refractivity contribution in [1.29, 1.82) is 0 Å². The van der Waals surface area contributed by atoms with Crippen molar-refractivity contribution in [3.8, 4) is 0 Å². The zero-order valence-corrected chi connectivity index (χ0v) is 10.9. The Morgan fingerprint density at radius 3 is 2.75 bits per heavy atom. The lowest BCUT2D eigenvalue weighted by molar-refractivity contribution is 0.0524. The van der Waals surface area contributed by atoms with E-state index in [0.29, 0.717) is 5.69 Å². The molecule has 0 fully saturated rings. The number of hydrogen-bond acceptors (Lipinski definition) is 3. The minimum absolute atomic E-state index is 0.0950. The minimum atomic E-state index is -2.65. The van der Waals surface area contributed by atoms with Crippen LogP contribution in [0.3, 0.4) is 0 Å². The first-order valence-corrected chi connectivity index (χ1v) is 5.67. The molecule has 16 heavy (non-hydrogen) atoms. The highest BCUT2D eigenvalue weighted by Crippen LogP contribution is 2.25. The van der Waals surface area contributed by atoms with E-state index in [1.54, 1.807) is 36.4 Å². The molecule has 1 aromatic heterocycles. The van der Waals surface area contributed by atoms with Gasteiger partial charge in [0, 0.05) is 0 Å². The van der Waals surface area contributed by atoms with Crippen molar-refractivity contribution in [3.63, 3.8) is 0 Å². The molecule has 6 heteroatoms. The van der Waals surface area contributed by atoms with Gasteiger partial charge in [0.05, 0.1) is 23.4 Å². The summed E-state index contributed by atoms with van der Waals surface area (Å²) in [6.45, 7) is 3.44. The van der Waals surface area contributed by atoms with E-state index in [1.807, 2.05) is 0 Å². The second kappa shape index (κ2) is 5.51. The van der Waals surface area contributed by atoms with Gasteiger partial charge < -0.3 is 4.74 Å². The molecule has 0 N–H and O–H groups in total. The van der Waals surface area contributed by atoms with Gasteiger partial charge in [0.1, 0.15) is 3.70 Å². The number of rotatable bonds is 3. The molecule has 3 nitrogen and oxygen atoms in total. The van der Waals surface area contributed by atoms with E-state index in [2.05, 4.69) is 4.98 Å². The van der Waals surface area contributed by atoms with Crippen molar-refractivity contribution in [2.75, 3.05) is 6.61 Å². The number of ether oxygens (including phenoxy) is 1. The first-order valence-electron chi connectivity index (χ1n) is 4.59. The lowest BCUT2D eigenvalue weighted by Crippen LogP contribution is -2.10. The van der Waals surface area contributed by atoms with Crippen LogP contribution in [0.15, 0.2) is 6.07 Å². The van der Waals surface area contributed by atoms with E-state index >= 15 is 0 Å². The summed E-state index contributed by atoms with van der Waals surface area (Å²) in [7, 11) is 0. The Hall–Kier alpha value is -0.790. The van der Waals surface area contributed by atoms with E-state index in [1.165, 1.54) is 0 Å². The Morgan fingerprint density at radius 2 is 2.25 bits per heavy atom. The van der Waals surface area contributed by atoms with Crippen molar-refractivity contribution in [3.05, 3.63) is 26.6 Å². The van der Waals surface area contributed by atoms with Gasteiger partial charge in [-0.1, -0.05) is 0 Å². The highest BCUT2D eigenvalue weighted by molar-refractivity contribution is 14.1. The Bertz CT molecular complexity index is 410. The average molecular weight is 341 g/mol. The van der Waals surface area contributed by atoms with Crippen LogP contribution in [-0.4, -0.2) is 17.6 Å². The van der Waals surface area contributed by atoms with Crippen molar-refractivity contribution >= 4 is 28.6 Å². The molecule has 0 spiro atoms. The molecule has 0 aliphatic rings. The molecule has 0 bridgehead atoms. The highest BCUT2D eigenvalue weighted by atomic mass is 127. The van der Waals surface area contributed by atoms with Gasteiger partial charge in [-0.3, -0.25) is 0 Å². The number of aryl methyl sites for hydroxylation is 1. The maximum Gasteiger partial charge on any atom is 0.339 e. The summed E-state index contributed by atoms with van der Waals surface area (Å²) >= 11 is 1.72. The SMILES string of the molecule is CCOC(=O)c1cc(C(F)F)c(I)nc1C. The van der Waals surface area contributed by atoms with Gasteiger partial charge >= 0.3 is 5.97 Å². The van der Waals surface area contributed by atoms with Gasteiger partial charge in [-0.05, 0) is 42.5 Å². The van der Waals surface area contributed by atoms with E-state index < -0.39 is 12.4 Å². The van der Waals surface area contributed by atoms with Gasteiger partial charge in [-0.15, -0.1) is 0 Å². The molecule has 0 atom stereocenters. The molecule has 0 saturated carbocycles. The third-order valence-corrected chi connectivity index (χ3v) is 2.79. The molecule has 0 saturated heterocycles. The number of pyridine rings is 1. The molecule has 0 amide bonds. The average Bonchev–Trinajstić information content (AvgIpc) is 2.17. The van der Waals surface area contributed by atoms with Crippen LogP contribution in [0.25, 0.3) is 0 Å². The molecular formula is C10H10F2INO2. The molecule has 1 aromatic rings. The number of halogens is 3. The molecule has 0 aliphatic heterocycles. The van der Waals surface area contributed by atoms with E-state index in [4.69, 9.17) is 4.74 Å². The second-order valence-electron chi connectivity index (χ2n) is 3.02. The van der Waals surface area contributed by atoms with Gasteiger partial charge in [0.2, 0.25) is 0 Å². The number of hydrogen-bond donors (Lipinski definition) is 0. The lowest BCUT2D eigenvalue weighted by atomic mass is 10.1. The van der Waals surface area contributed by atoms with Crippen LogP contribution in [0.4, 0.5) is 8.78 Å². The number of carbonyl (C=O) groups excluding carboxylic acids is 1. The maximum atomic E-state index is 12.6. The Kier molecular flexibility index (Phi) is 4.57. The summed E-state index contributed by atoms with van der Waals surface area (Å²) in [4.78, 5) is 15.3. The Balaban J connectivity index is 3.19. The number of nitrogens with zero attached hydrogens (tertiary/aromatic N) is 1. The lowest BCUT2D eigenvalue weighted by Gasteiger charge is -2.09. The summed E-state index contributed by atoms with van der Waals surface area (Å²) in [5, 5.41) is 0. The molecule has 1 rings (SSSR count). The van der Waals surface area contributed by atoms with Gasteiger partial charge in [-0.25, -0.2) is 18.6 Å². The monoisotopic (exact) mass is 341 g/mol. The number of alkyl halides is 2. The number of carbonyl (C=O) groups is 1. The molecule has 0 radical (unpaired) electrons. The summed E-state index contributed by atoms with van der Waals surface area (Å²) in [6, 6.07) is 1.15. The van der Waals surface area contributed by atoms with Crippen LogP contribution in [0, 0.1) is 10.6 Å². The van der Waals surface area contributed by atoms with Crippen LogP contribution in [-0.2, 0) is 4.74 Å². The van der Waals surface area contributed by atoms with Crippen LogP contribution in [0.5, 0.6) is 0 Å². The zero-order valence-electron chi connectivity index (χ0n) is 8.76. The van der Waals surface area contributed by atoms with Crippen molar-refractivity contribution in [2.45, 2.75) is 20.3 Å². The number of esters is 1. The second-order valence-corrected chi connectivity index (χ2v) is 4.04. The van der Waals surface area contributed by atoms with E-state index in [0.717, 1.165) is 6.07 Å². The van der Waals surface area contributed by atoms with Gasteiger partial charge in [0.15, 0.2) is 0 Å². The fourth-order valence-corrected chi connectivity index (χ4v) is 1.91. The summed E-state index contributed by atoms with van der Waals surface area (Å²) in [5.41, 5.74) is 0.249. The molecular weight excluding hydrogens is 331 g/mol. The minimum Gasteiger partial charge on any atom is -0.462 e. The van der Waals surface area contributed by atoms with E-state index in [9.17, 15) is 13.6 Å². The molecule has 0 aliphatic carbocycles. The zero-order chi connectivity index (χ0) is 12.3. The third kappa shape index (κ3) is 2.87. The topological polar surface area (TPSA) is 39.2 Å². The van der Waals surface area contributed by atoms with Crippen LogP contribution in [0.1, 0.15) is 35.0 Å². The van der Waals surface area contributed by atoms with Crippen LogP contribution < -0.4 is 0 Å². The molecule has 0 aromatic carbocycles. The normalized spacial score (nSPS) is 10.6. The molecule has 1 heterocycles. The standard InChI is InChI=1S/C10H10F2INO2/c1-3-16-10(15)6-4-7(8(11)12)9(13)14-5(6)2/h4,8H,3H2,1-2H3. The fraction of sp³-hybridized carbons (Fsp3) is 0.400. The van der Waals surface area contributed by atoms with Crippen LogP contribution >= 0.6 is 22.6 Å². The van der Waals surface area contributed by atoms with Gasteiger partial charge in [-0.2, -0.15) is 0 Å². The molecule has 88 valence electrons. The summed E-state index contributed by atoms with van der Waals surface area (Å²) in [5.74, 6) is -0.620. The first-order chi connectivity index (χ1) is 7.47.